The summed E-state index contributed by atoms with van der Waals surface area (Å²) in [7, 11) is 0. The van der Waals surface area contributed by atoms with Crippen LogP contribution in [0.15, 0.2) is 24.3 Å². The van der Waals surface area contributed by atoms with Gasteiger partial charge in [0.2, 0.25) is 0 Å². The summed E-state index contributed by atoms with van der Waals surface area (Å²) in [4.78, 5) is 0. The fourth-order valence-corrected chi connectivity index (χ4v) is 1.54. The van der Waals surface area contributed by atoms with Gasteiger partial charge in [-0.3, -0.25) is 0 Å². The van der Waals surface area contributed by atoms with Crippen molar-refractivity contribution in [1.82, 2.24) is 0 Å². The molecule has 18 heavy (non-hydrogen) atoms. The topological polar surface area (TPSA) is 44.5 Å². The van der Waals surface area contributed by atoms with Gasteiger partial charge in [0.25, 0.3) is 0 Å². The summed E-state index contributed by atoms with van der Waals surface area (Å²) >= 11 is 0. The number of halogens is 1. The molecule has 1 rings (SSSR count). The fourth-order valence-electron chi connectivity index (χ4n) is 1.54. The number of hydrogen-bond donors (Lipinski definition) is 1. The van der Waals surface area contributed by atoms with Crippen molar-refractivity contribution in [3.8, 4) is 0 Å². The van der Waals surface area contributed by atoms with Gasteiger partial charge < -0.3 is 15.2 Å². The van der Waals surface area contributed by atoms with Crippen molar-refractivity contribution >= 4 is 0 Å². The molecule has 0 aromatic heterocycles. The molecule has 2 N–H and O–H groups in total. The maximum Gasteiger partial charge on any atom is 0.128 e. The lowest BCUT2D eigenvalue weighted by molar-refractivity contribution is 0.0413. The Labute approximate surface area is 108 Å². The summed E-state index contributed by atoms with van der Waals surface area (Å²) in [5.74, 6) is -0.284. The average molecular weight is 255 g/mol. The Morgan fingerprint density at radius 1 is 1.17 bits per heavy atom. The van der Waals surface area contributed by atoms with E-state index in [2.05, 4.69) is 6.92 Å². The third-order valence-corrected chi connectivity index (χ3v) is 2.62. The lowest BCUT2D eigenvalue weighted by atomic mass is 10.1. The quantitative estimate of drug-likeness (QED) is 0.690. The van der Waals surface area contributed by atoms with Gasteiger partial charge in [0.1, 0.15) is 5.82 Å². The average Bonchev–Trinajstić information content (AvgIpc) is 2.38. The third kappa shape index (κ3) is 5.58. The van der Waals surface area contributed by atoms with Crippen LogP contribution < -0.4 is 5.73 Å². The number of ether oxygens (including phenoxy) is 2. The van der Waals surface area contributed by atoms with Gasteiger partial charge in [0.15, 0.2) is 0 Å². The Bertz CT molecular complexity index is 333. The number of benzene rings is 1. The molecule has 3 nitrogen and oxygen atoms in total. The van der Waals surface area contributed by atoms with Crippen LogP contribution in [0.3, 0.4) is 0 Å². The van der Waals surface area contributed by atoms with Crippen LogP contribution in [0, 0.1) is 5.82 Å². The normalized spacial score (nSPS) is 12.6. The fraction of sp³-hybridized carbons (Fsp3) is 0.571. The van der Waals surface area contributed by atoms with Crippen molar-refractivity contribution in [1.29, 1.82) is 0 Å². The zero-order valence-electron chi connectivity index (χ0n) is 10.9. The van der Waals surface area contributed by atoms with Crippen molar-refractivity contribution < 1.29 is 13.9 Å². The van der Waals surface area contributed by atoms with Crippen LogP contribution >= 0.6 is 0 Å². The highest BCUT2D eigenvalue weighted by molar-refractivity contribution is 5.20. The first-order valence-electron chi connectivity index (χ1n) is 6.41. The maximum absolute atomic E-state index is 13.4. The monoisotopic (exact) mass is 255 g/mol. The van der Waals surface area contributed by atoms with Gasteiger partial charge in [-0.25, -0.2) is 4.39 Å². The van der Waals surface area contributed by atoms with E-state index in [4.69, 9.17) is 15.2 Å². The minimum absolute atomic E-state index is 0.284. The van der Waals surface area contributed by atoms with Gasteiger partial charge in [0, 0.05) is 12.2 Å². The van der Waals surface area contributed by atoms with Crippen molar-refractivity contribution in [3.63, 3.8) is 0 Å². The molecule has 0 fully saturated rings. The summed E-state index contributed by atoms with van der Waals surface area (Å²) in [6.45, 7) is 4.24. The standard InChI is InChI=1S/C14H22FNO2/c1-2-3-8-17-9-10-18-11-14(16)12-6-4-5-7-13(12)15/h4-7,14H,2-3,8-11,16H2,1H3. The summed E-state index contributed by atoms with van der Waals surface area (Å²) in [6.07, 6.45) is 2.19. The van der Waals surface area contributed by atoms with E-state index >= 15 is 0 Å². The molecule has 4 heteroatoms. The Kier molecular flexibility index (Phi) is 7.57. The molecule has 0 radical (unpaired) electrons. The predicted molar refractivity (Wildman–Crippen MR) is 69.9 cm³/mol. The molecule has 1 aromatic carbocycles. The first-order chi connectivity index (χ1) is 8.75. The zero-order chi connectivity index (χ0) is 13.2. The number of nitrogens with two attached hydrogens (primary N) is 1. The lowest BCUT2D eigenvalue weighted by Crippen LogP contribution is -2.19. The van der Waals surface area contributed by atoms with E-state index in [1.54, 1.807) is 18.2 Å². The molecule has 0 aliphatic carbocycles. The van der Waals surface area contributed by atoms with Gasteiger partial charge in [-0.15, -0.1) is 0 Å². The highest BCUT2D eigenvalue weighted by Crippen LogP contribution is 2.14. The van der Waals surface area contributed by atoms with E-state index in [1.165, 1.54) is 6.07 Å². The molecular formula is C14H22FNO2. The Balaban J connectivity index is 2.14. The molecule has 0 amide bonds. The largest absolute Gasteiger partial charge is 0.379 e. The first kappa shape index (κ1) is 15.1. The van der Waals surface area contributed by atoms with E-state index in [0.29, 0.717) is 25.4 Å². The molecule has 0 aliphatic rings. The van der Waals surface area contributed by atoms with Crippen LogP contribution in [0.4, 0.5) is 4.39 Å². The molecule has 0 bridgehead atoms. The van der Waals surface area contributed by atoms with E-state index in [-0.39, 0.29) is 5.82 Å². The molecule has 1 aromatic rings. The van der Waals surface area contributed by atoms with Gasteiger partial charge in [-0.1, -0.05) is 31.5 Å². The van der Waals surface area contributed by atoms with Crippen molar-refractivity contribution in [3.05, 3.63) is 35.6 Å². The molecule has 102 valence electrons. The zero-order valence-corrected chi connectivity index (χ0v) is 10.9. The Morgan fingerprint density at radius 2 is 1.89 bits per heavy atom. The molecule has 1 unspecified atom stereocenters. The van der Waals surface area contributed by atoms with E-state index < -0.39 is 6.04 Å². The second kappa shape index (κ2) is 9.03. The molecule has 1 atom stereocenters. The van der Waals surface area contributed by atoms with E-state index in [0.717, 1.165) is 19.4 Å². The van der Waals surface area contributed by atoms with E-state index in [1.807, 2.05) is 0 Å². The number of hydrogen-bond acceptors (Lipinski definition) is 3. The van der Waals surface area contributed by atoms with Crippen LogP contribution in [0.1, 0.15) is 31.4 Å². The molecule has 0 saturated heterocycles. The SMILES string of the molecule is CCCCOCCOCC(N)c1ccccc1F. The van der Waals surface area contributed by atoms with Crippen LogP contribution in [-0.2, 0) is 9.47 Å². The van der Waals surface area contributed by atoms with Crippen molar-refractivity contribution in [2.75, 3.05) is 26.4 Å². The molecule has 0 saturated carbocycles. The van der Waals surface area contributed by atoms with Crippen LogP contribution in [0.5, 0.6) is 0 Å². The highest BCUT2D eigenvalue weighted by atomic mass is 19.1. The van der Waals surface area contributed by atoms with Crippen molar-refractivity contribution in [2.24, 2.45) is 5.73 Å². The Morgan fingerprint density at radius 3 is 2.61 bits per heavy atom. The van der Waals surface area contributed by atoms with Crippen LogP contribution in [0.25, 0.3) is 0 Å². The predicted octanol–water partition coefficient (Wildman–Crippen LogP) is 2.66. The smallest absolute Gasteiger partial charge is 0.128 e. The summed E-state index contributed by atoms with van der Waals surface area (Å²) in [5, 5.41) is 0. The molecule has 0 aliphatic heterocycles. The highest BCUT2D eigenvalue weighted by Gasteiger charge is 2.10. The summed E-state index contributed by atoms with van der Waals surface area (Å²) < 4.78 is 24.1. The second-order valence-corrected chi connectivity index (χ2v) is 4.17. The maximum atomic E-state index is 13.4. The lowest BCUT2D eigenvalue weighted by Gasteiger charge is -2.13. The van der Waals surface area contributed by atoms with Crippen molar-refractivity contribution in [2.45, 2.75) is 25.8 Å². The minimum Gasteiger partial charge on any atom is -0.379 e. The summed E-state index contributed by atoms with van der Waals surface area (Å²) in [5.41, 5.74) is 6.34. The molecular weight excluding hydrogens is 233 g/mol. The van der Waals surface area contributed by atoms with Gasteiger partial charge in [-0.2, -0.15) is 0 Å². The Hall–Kier alpha value is -0.970. The molecule has 0 spiro atoms. The van der Waals surface area contributed by atoms with Crippen LogP contribution in [0.2, 0.25) is 0 Å². The molecule has 0 heterocycles. The third-order valence-electron chi connectivity index (χ3n) is 2.62. The summed E-state index contributed by atoms with van der Waals surface area (Å²) in [6, 6.07) is 6.08. The van der Waals surface area contributed by atoms with Gasteiger partial charge in [-0.05, 0) is 12.5 Å². The van der Waals surface area contributed by atoms with Gasteiger partial charge in [0.05, 0.1) is 25.9 Å². The van der Waals surface area contributed by atoms with Gasteiger partial charge >= 0.3 is 0 Å². The van der Waals surface area contributed by atoms with E-state index in [9.17, 15) is 4.39 Å². The second-order valence-electron chi connectivity index (χ2n) is 4.17. The minimum atomic E-state index is -0.429. The number of unbranched alkanes of at least 4 members (excludes halogenated alkanes) is 1. The number of rotatable bonds is 9. The first-order valence-corrected chi connectivity index (χ1v) is 6.41. The van der Waals surface area contributed by atoms with Crippen LogP contribution in [-0.4, -0.2) is 26.4 Å².